The lowest BCUT2D eigenvalue weighted by Crippen LogP contribution is -2.55. The molecule has 1 fully saturated rings. The second-order valence-electron chi connectivity index (χ2n) is 10.8. The Morgan fingerprint density at radius 2 is 1.70 bits per heavy atom. The fourth-order valence-corrected chi connectivity index (χ4v) is 6.84. The number of hydrogen-bond donors (Lipinski definition) is 1. The predicted octanol–water partition coefficient (Wildman–Crippen LogP) is 6.46. The zero-order valence-corrected chi connectivity index (χ0v) is 26.9. The minimum Gasteiger partial charge on any atom is -0.364 e. The molecule has 0 aliphatic carbocycles. The summed E-state index contributed by atoms with van der Waals surface area (Å²) in [6.07, 6.45) is -4.37. The molecule has 15 heteroatoms. The maximum absolute atomic E-state index is 13.0. The highest BCUT2D eigenvalue weighted by Crippen LogP contribution is 2.32. The number of sulfone groups is 1. The number of nitrogens with zero attached hydrogens (tertiary/aromatic N) is 3. The van der Waals surface area contributed by atoms with Crippen molar-refractivity contribution in [3.63, 3.8) is 0 Å². The van der Waals surface area contributed by atoms with Gasteiger partial charge in [-0.3, -0.25) is 14.4 Å². The van der Waals surface area contributed by atoms with E-state index >= 15 is 0 Å². The minimum atomic E-state index is -4.44. The third kappa shape index (κ3) is 9.90. The van der Waals surface area contributed by atoms with E-state index in [1.807, 2.05) is 9.80 Å². The molecule has 3 aromatic rings. The SMILES string of the molecule is CCS(=O)(=O)c1ccc([C@H](CC#N)SNC(=O)c2ccc(N3CCN(Cc4ccc(C(F)(F)F)cc4)C[C@H]3COC(F)F)cc2)cc1. The van der Waals surface area contributed by atoms with Gasteiger partial charge in [-0.2, -0.15) is 27.2 Å². The Morgan fingerprint density at radius 1 is 1.04 bits per heavy atom. The monoisotopic (exact) mass is 696 g/mol. The molecule has 3 aromatic carbocycles. The quantitative estimate of drug-likeness (QED) is 0.161. The van der Waals surface area contributed by atoms with Gasteiger partial charge in [0.15, 0.2) is 9.84 Å². The van der Waals surface area contributed by atoms with Gasteiger partial charge >= 0.3 is 12.8 Å². The highest BCUT2D eigenvalue weighted by atomic mass is 32.2. The highest BCUT2D eigenvalue weighted by molar-refractivity contribution is 7.98. The summed E-state index contributed by atoms with van der Waals surface area (Å²) in [5.41, 5.74) is 1.59. The van der Waals surface area contributed by atoms with Crippen molar-refractivity contribution in [1.29, 1.82) is 5.26 Å². The molecule has 0 bridgehead atoms. The van der Waals surface area contributed by atoms with Gasteiger partial charge in [-0.25, -0.2) is 8.42 Å². The fraction of sp³-hybridized carbons (Fsp3) is 0.375. The Balaban J connectivity index is 1.39. The van der Waals surface area contributed by atoms with Crippen LogP contribution in [0.1, 0.15) is 45.6 Å². The van der Waals surface area contributed by atoms with Gasteiger partial charge in [-0.05, 0) is 71.6 Å². The first-order chi connectivity index (χ1) is 22.3. The van der Waals surface area contributed by atoms with Crippen LogP contribution in [0.5, 0.6) is 0 Å². The Kier molecular flexibility index (Phi) is 12.2. The Bertz CT molecular complexity index is 1630. The maximum atomic E-state index is 13.0. The zero-order chi connectivity index (χ0) is 34.2. The van der Waals surface area contributed by atoms with Crippen molar-refractivity contribution in [2.75, 3.05) is 36.9 Å². The second kappa shape index (κ2) is 15.9. The van der Waals surface area contributed by atoms with Crippen LogP contribution in [0.4, 0.5) is 27.6 Å². The van der Waals surface area contributed by atoms with Crippen LogP contribution in [0.15, 0.2) is 77.7 Å². The van der Waals surface area contributed by atoms with E-state index in [-0.39, 0.29) is 23.7 Å². The molecule has 8 nitrogen and oxygen atoms in total. The van der Waals surface area contributed by atoms with Crippen LogP contribution in [0.3, 0.4) is 0 Å². The number of hydrogen-bond acceptors (Lipinski definition) is 8. The lowest BCUT2D eigenvalue weighted by atomic mass is 10.1. The molecule has 1 aliphatic heterocycles. The number of anilines is 1. The zero-order valence-electron chi connectivity index (χ0n) is 25.3. The first-order valence-electron chi connectivity index (χ1n) is 14.6. The normalized spacial score (nSPS) is 16.6. The molecule has 0 unspecified atom stereocenters. The number of nitrogens with one attached hydrogen (secondary N) is 1. The highest BCUT2D eigenvalue weighted by Gasteiger charge is 2.31. The van der Waals surface area contributed by atoms with E-state index in [1.165, 1.54) is 24.3 Å². The molecule has 2 atom stereocenters. The smallest absolute Gasteiger partial charge is 0.364 e. The number of carbonyl (C=O) groups is 1. The van der Waals surface area contributed by atoms with E-state index in [0.717, 1.165) is 24.1 Å². The van der Waals surface area contributed by atoms with Gasteiger partial charge in [0.25, 0.3) is 5.91 Å². The van der Waals surface area contributed by atoms with Gasteiger partial charge in [0.2, 0.25) is 0 Å². The molecule has 0 aromatic heterocycles. The van der Waals surface area contributed by atoms with Gasteiger partial charge in [0, 0.05) is 37.4 Å². The van der Waals surface area contributed by atoms with Crippen molar-refractivity contribution < 1.29 is 39.9 Å². The van der Waals surface area contributed by atoms with Crippen molar-refractivity contribution in [3.8, 4) is 6.07 Å². The number of halogens is 5. The topological polar surface area (TPSA) is 103 Å². The molecule has 0 saturated carbocycles. The van der Waals surface area contributed by atoms with Crippen LogP contribution in [-0.2, 0) is 27.3 Å². The molecule has 252 valence electrons. The van der Waals surface area contributed by atoms with Crippen LogP contribution in [0.25, 0.3) is 0 Å². The summed E-state index contributed by atoms with van der Waals surface area (Å²) in [4.78, 5) is 17.0. The average Bonchev–Trinajstić information content (AvgIpc) is 3.05. The molecule has 1 amide bonds. The predicted molar refractivity (Wildman–Crippen MR) is 168 cm³/mol. The molecule has 1 heterocycles. The Hall–Kier alpha value is -3.71. The molecule has 4 rings (SSSR count). The molecular formula is C32H33F5N4O4S2. The summed E-state index contributed by atoms with van der Waals surface area (Å²) in [7, 11) is -3.38. The largest absolute Gasteiger partial charge is 0.416 e. The molecule has 1 N–H and O–H groups in total. The van der Waals surface area contributed by atoms with Crippen molar-refractivity contribution in [2.45, 2.75) is 48.9 Å². The fourth-order valence-electron chi connectivity index (χ4n) is 5.14. The molecule has 0 spiro atoms. The van der Waals surface area contributed by atoms with E-state index < -0.39 is 45.4 Å². The molecular weight excluding hydrogens is 664 g/mol. The van der Waals surface area contributed by atoms with E-state index in [4.69, 9.17) is 0 Å². The number of amides is 1. The van der Waals surface area contributed by atoms with Gasteiger partial charge in [-0.15, -0.1) is 0 Å². The number of nitriles is 1. The number of carbonyl (C=O) groups excluding carboxylic acids is 1. The Labute approximate surface area is 274 Å². The van der Waals surface area contributed by atoms with Crippen LogP contribution >= 0.6 is 11.9 Å². The van der Waals surface area contributed by atoms with E-state index in [2.05, 4.69) is 15.5 Å². The third-order valence-electron chi connectivity index (χ3n) is 7.69. The van der Waals surface area contributed by atoms with Gasteiger partial charge in [0.05, 0.1) is 46.6 Å². The van der Waals surface area contributed by atoms with E-state index in [1.54, 1.807) is 43.3 Å². The summed E-state index contributed by atoms with van der Waals surface area (Å²) in [5, 5.41) is 8.86. The molecule has 0 radical (unpaired) electrons. The van der Waals surface area contributed by atoms with Crippen molar-refractivity contribution >= 4 is 33.4 Å². The van der Waals surface area contributed by atoms with E-state index in [0.29, 0.717) is 48.6 Å². The van der Waals surface area contributed by atoms with Crippen LogP contribution in [0.2, 0.25) is 0 Å². The second-order valence-corrected chi connectivity index (χ2v) is 14.1. The lowest BCUT2D eigenvalue weighted by Gasteiger charge is -2.42. The number of rotatable bonds is 13. The van der Waals surface area contributed by atoms with Gasteiger partial charge in [-0.1, -0.05) is 31.2 Å². The molecule has 1 saturated heterocycles. The van der Waals surface area contributed by atoms with Crippen LogP contribution < -0.4 is 9.62 Å². The summed E-state index contributed by atoms with van der Waals surface area (Å²) < 4.78 is 96.3. The third-order valence-corrected chi connectivity index (χ3v) is 10.5. The van der Waals surface area contributed by atoms with Crippen molar-refractivity contribution in [3.05, 3.63) is 95.1 Å². The van der Waals surface area contributed by atoms with Crippen LogP contribution in [-0.4, -0.2) is 63.9 Å². The van der Waals surface area contributed by atoms with Crippen molar-refractivity contribution in [2.24, 2.45) is 0 Å². The van der Waals surface area contributed by atoms with Gasteiger partial charge < -0.3 is 9.64 Å². The Morgan fingerprint density at radius 3 is 2.28 bits per heavy atom. The first kappa shape index (κ1) is 36.1. The number of alkyl halides is 5. The number of ether oxygens (including phenoxy) is 1. The number of piperazine rings is 1. The average molecular weight is 697 g/mol. The standard InChI is InChI=1S/C32H33F5N4O4S2/c1-2-47(43,44)28-13-7-23(8-14-28)29(15-16-38)46-39-30(42)24-5-11-26(12-6-24)41-18-17-40(20-27(41)21-45-31(33)34)19-22-3-9-25(10-4-22)32(35,36)37/h3-14,27,29,31H,2,15,17-21H2,1H3,(H,39,42)/t27-,29-/m0/s1. The minimum absolute atomic E-state index is 0.0379. The summed E-state index contributed by atoms with van der Waals surface area (Å²) in [5.74, 6) is -0.460. The summed E-state index contributed by atoms with van der Waals surface area (Å²) in [6.45, 7) is -0.120. The molecule has 1 aliphatic rings. The molecule has 47 heavy (non-hydrogen) atoms. The first-order valence-corrected chi connectivity index (χ1v) is 17.1. The maximum Gasteiger partial charge on any atom is 0.416 e. The summed E-state index contributed by atoms with van der Waals surface area (Å²) >= 11 is 1.04. The van der Waals surface area contributed by atoms with Crippen molar-refractivity contribution in [1.82, 2.24) is 9.62 Å². The van der Waals surface area contributed by atoms with Crippen LogP contribution in [0, 0.1) is 11.3 Å². The van der Waals surface area contributed by atoms with Gasteiger partial charge in [0.1, 0.15) is 0 Å². The summed E-state index contributed by atoms with van der Waals surface area (Å²) in [6, 6.07) is 19.2. The lowest BCUT2D eigenvalue weighted by molar-refractivity contribution is -0.137. The van der Waals surface area contributed by atoms with E-state index in [9.17, 15) is 40.4 Å². The number of benzene rings is 3.